The summed E-state index contributed by atoms with van der Waals surface area (Å²) in [6, 6.07) is 7.53. The van der Waals surface area contributed by atoms with Gasteiger partial charge < -0.3 is 10.2 Å². The maximum Gasteiger partial charge on any atom is 0.251 e. The van der Waals surface area contributed by atoms with Gasteiger partial charge in [-0.2, -0.15) is 0 Å². The standard InChI is InChI=1S/C20H29ClN2O/c1-19(2,3)7-10-23-11-8-20(9-12-23)14-17(20)22-18(24)15-5-4-6-16(21)13-15/h4-6,13,17H,7-12,14H2,1-3H3,(H,22,24). The molecule has 3 rings (SSSR count). The molecule has 0 aromatic heterocycles. The van der Waals surface area contributed by atoms with Gasteiger partial charge in [-0.3, -0.25) is 4.79 Å². The highest BCUT2D eigenvalue weighted by atomic mass is 35.5. The van der Waals surface area contributed by atoms with Crippen LogP contribution in [0.2, 0.25) is 5.02 Å². The molecule has 1 atom stereocenters. The molecule has 0 radical (unpaired) electrons. The Labute approximate surface area is 150 Å². The molecule has 24 heavy (non-hydrogen) atoms. The van der Waals surface area contributed by atoms with Crippen LogP contribution in [0.25, 0.3) is 0 Å². The van der Waals surface area contributed by atoms with E-state index in [1.807, 2.05) is 12.1 Å². The Morgan fingerprint density at radius 1 is 1.33 bits per heavy atom. The summed E-state index contributed by atoms with van der Waals surface area (Å²) in [5.41, 5.74) is 1.42. The molecule has 1 spiro atoms. The third kappa shape index (κ3) is 4.31. The van der Waals surface area contributed by atoms with Crippen LogP contribution in [0.15, 0.2) is 24.3 Å². The van der Waals surface area contributed by atoms with E-state index in [0.717, 1.165) is 6.42 Å². The van der Waals surface area contributed by atoms with Crippen molar-refractivity contribution in [2.75, 3.05) is 19.6 Å². The van der Waals surface area contributed by atoms with Crippen LogP contribution in [0.1, 0.15) is 56.8 Å². The van der Waals surface area contributed by atoms with Crippen LogP contribution in [-0.4, -0.2) is 36.5 Å². The molecule has 1 saturated carbocycles. The predicted molar refractivity (Wildman–Crippen MR) is 99.5 cm³/mol. The monoisotopic (exact) mass is 348 g/mol. The number of benzene rings is 1. The van der Waals surface area contributed by atoms with E-state index in [4.69, 9.17) is 11.6 Å². The first-order valence-electron chi connectivity index (χ1n) is 9.06. The van der Waals surface area contributed by atoms with Crippen LogP contribution >= 0.6 is 11.6 Å². The van der Waals surface area contributed by atoms with Gasteiger partial charge in [0.25, 0.3) is 5.91 Å². The molecule has 0 bridgehead atoms. The van der Waals surface area contributed by atoms with Gasteiger partial charge in [-0.25, -0.2) is 0 Å². The van der Waals surface area contributed by atoms with Crippen molar-refractivity contribution in [1.82, 2.24) is 10.2 Å². The summed E-state index contributed by atoms with van der Waals surface area (Å²) < 4.78 is 0. The maximum atomic E-state index is 12.4. The fraction of sp³-hybridized carbons (Fsp3) is 0.650. The van der Waals surface area contributed by atoms with Gasteiger partial charge in [0.15, 0.2) is 0 Å². The van der Waals surface area contributed by atoms with Crippen molar-refractivity contribution in [2.24, 2.45) is 10.8 Å². The number of carbonyl (C=O) groups excluding carboxylic acids is 1. The molecule has 2 aliphatic rings. The predicted octanol–water partition coefficient (Wildman–Crippen LogP) is 4.36. The van der Waals surface area contributed by atoms with Crippen LogP contribution in [0, 0.1) is 10.8 Å². The summed E-state index contributed by atoms with van der Waals surface area (Å²) >= 11 is 5.98. The number of nitrogens with zero attached hydrogens (tertiary/aromatic N) is 1. The van der Waals surface area contributed by atoms with Crippen molar-refractivity contribution >= 4 is 17.5 Å². The third-order valence-corrected chi connectivity index (χ3v) is 5.85. The Hall–Kier alpha value is -1.06. The molecule has 1 unspecified atom stereocenters. The van der Waals surface area contributed by atoms with E-state index in [1.54, 1.807) is 12.1 Å². The smallest absolute Gasteiger partial charge is 0.251 e. The first-order valence-corrected chi connectivity index (χ1v) is 9.44. The zero-order chi connectivity index (χ0) is 17.4. The van der Waals surface area contributed by atoms with E-state index in [0.29, 0.717) is 27.5 Å². The molecule has 132 valence electrons. The van der Waals surface area contributed by atoms with Gasteiger partial charge in [-0.05, 0) is 74.3 Å². The third-order valence-electron chi connectivity index (χ3n) is 5.61. The highest BCUT2D eigenvalue weighted by molar-refractivity contribution is 6.30. The molecule has 1 aromatic rings. The first-order chi connectivity index (χ1) is 11.3. The second kappa shape index (κ2) is 6.68. The normalized spacial score (nSPS) is 23.2. The molecular formula is C20H29ClN2O. The minimum Gasteiger partial charge on any atom is -0.349 e. The van der Waals surface area contributed by atoms with Gasteiger partial charge in [0, 0.05) is 16.6 Å². The van der Waals surface area contributed by atoms with E-state index in [-0.39, 0.29) is 5.91 Å². The molecule has 3 nitrogen and oxygen atoms in total. The average Bonchev–Trinajstić information content (AvgIpc) is 3.17. The Bertz CT molecular complexity index is 600. The van der Waals surface area contributed by atoms with Crippen LogP contribution < -0.4 is 5.32 Å². The van der Waals surface area contributed by atoms with Gasteiger partial charge in [-0.15, -0.1) is 0 Å². The summed E-state index contributed by atoms with van der Waals surface area (Å²) in [5, 5.41) is 3.82. The fourth-order valence-electron chi connectivity index (χ4n) is 3.69. The van der Waals surface area contributed by atoms with E-state index >= 15 is 0 Å². The van der Waals surface area contributed by atoms with Gasteiger partial charge >= 0.3 is 0 Å². The topological polar surface area (TPSA) is 32.3 Å². The second-order valence-electron chi connectivity index (χ2n) is 8.76. The summed E-state index contributed by atoms with van der Waals surface area (Å²) in [6.45, 7) is 10.4. The van der Waals surface area contributed by atoms with Gasteiger partial charge in [-0.1, -0.05) is 38.4 Å². The van der Waals surface area contributed by atoms with E-state index in [2.05, 4.69) is 31.0 Å². The fourth-order valence-corrected chi connectivity index (χ4v) is 3.88. The van der Waals surface area contributed by atoms with Crippen molar-refractivity contribution in [3.05, 3.63) is 34.9 Å². The Morgan fingerprint density at radius 3 is 2.67 bits per heavy atom. The van der Waals surface area contributed by atoms with E-state index in [9.17, 15) is 4.79 Å². The lowest BCUT2D eigenvalue weighted by Gasteiger charge is -2.34. The Balaban J connectivity index is 1.47. The quantitative estimate of drug-likeness (QED) is 0.876. The molecule has 4 heteroatoms. The number of piperidine rings is 1. The summed E-state index contributed by atoms with van der Waals surface area (Å²) in [6.07, 6.45) is 4.79. The molecule has 1 amide bonds. The lowest BCUT2D eigenvalue weighted by atomic mass is 9.89. The van der Waals surface area contributed by atoms with Gasteiger partial charge in [0.1, 0.15) is 0 Å². The van der Waals surface area contributed by atoms with Crippen LogP contribution in [0.5, 0.6) is 0 Å². The van der Waals surface area contributed by atoms with Crippen molar-refractivity contribution in [1.29, 1.82) is 0 Å². The van der Waals surface area contributed by atoms with Crippen molar-refractivity contribution in [3.8, 4) is 0 Å². The lowest BCUT2D eigenvalue weighted by molar-refractivity contribution is 0.0932. The number of halogens is 1. The number of likely N-dealkylation sites (tertiary alicyclic amines) is 1. The Morgan fingerprint density at radius 2 is 2.04 bits per heavy atom. The van der Waals surface area contributed by atoms with Crippen molar-refractivity contribution in [2.45, 2.75) is 52.5 Å². The SMILES string of the molecule is CC(C)(C)CCN1CCC2(CC1)CC2NC(=O)c1cccc(Cl)c1. The van der Waals surface area contributed by atoms with E-state index in [1.165, 1.54) is 38.9 Å². The minimum absolute atomic E-state index is 0.00883. The molecule has 2 fully saturated rings. The van der Waals surface area contributed by atoms with E-state index < -0.39 is 0 Å². The molecule has 1 N–H and O–H groups in total. The largest absolute Gasteiger partial charge is 0.349 e. The van der Waals surface area contributed by atoms with Crippen molar-refractivity contribution < 1.29 is 4.79 Å². The molecule has 1 saturated heterocycles. The molecule has 1 aromatic carbocycles. The number of carbonyl (C=O) groups is 1. The molecule has 1 aliphatic heterocycles. The second-order valence-corrected chi connectivity index (χ2v) is 9.19. The highest BCUT2D eigenvalue weighted by Crippen LogP contribution is 2.54. The van der Waals surface area contributed by atoms with Gasteiger partial charge in [0.2, 0.25) is 0 Å². The highest BCUT2D eigenvalue weighted by Gasteiger charge is 2.55. The number of hydrogen-bond donors (Lipinski definition) is 1. The number of nitrogens with one attached hydrogen (secondary N) is 1. The summed E-state index contributed by atoms with van der Waals surface area (Å²) in [7, 11) is 0. The average molecular weight is 349 g/mol. The number of hydrogen-bond acceptors (Lipinski definition) is 2. The summed E-state index contributed by atoms with van der Waals surface area (Å²) in [4.78, 5) is 15.0. The maximum absolute atomic E-state index is 12.4. The zero-order valence-electron chi connectivity index (χ0n) is 15.1. The van der Waals surface area contributed by atoms with Crippen LogP contribution in [-0.2, 0) is 0 Å². The number of amides is 1. The van der Waals surface area contributed by atoms with Crippen LogP contribution in [0.3, 0.4) is 0 Å². The lowest BCUT2D eigenvalue weighted by Crippen LogP contribution is -2.39. The van der Waals surface area contributed by atoms with Gasteiger partial charge in [0.05, 0.1) is 0 Å². The Kier molecular flexibility index (Phi) is 4.94. The zero-order valence-corrected chi connectivity index (χ0v) is 15.8. The molecule has 1 heterocycles. The molecule has 1 aliphatic carbocycles. The minimum atomic E-state index is 0.00883. The molecular weight excluding hydrogens is 320 g/mol. The van der Waals surface area contributed by atoms with Crippen molar-refractivity contribution in [3.63, 3.8) is 0 Å². The number of rotatable bonds is 4. The van der Waals surface area contributed by atoms with Crippen LogP contribution in [0.4, 0.5) is 0 Å². The first kappa shape index (κ1) is 17.8. The summed E-state index contributed by atoms with van der Waals surface area (Å²) in [5.74, 6) is 0.00883.